The molecule has 5 nitrogen and oxygen atoms in total. The van der Waals surface area contributed by atoms with E-state index in [2.05, 4.69) is 30.8 Å². The van der Waals surface area contributed by atoms with Crippen molar-refractivity contribution in [3.8, 4) is 11.1 Å². The van der Waals surface area contributed by atoms with E-state index in [1.807, 2.05) is 40.1 Å². The normalized spacial score (nSPS) is 21.2. The molecule has 174 valence electrons. The van der Waals surface area contributed by atoms with Crippen LogP contribution in [-0.2, 0) is 20.7 Å². The van der Waals surface area contributed by atoms with Crippen molar-refractivity contribution in [1.29, 1.82) is 0 Å². The number of carbonyl (C=O) groups excluding carboxylic acids is 2. The van der Waals surface area contributed by atoms with Gasteiger partial charge in [0.15, 0.2) is 0 Å². The third-order valence-electron chi connectivity index (χ3n) is 6.72. The lowest BCUT2D eigenvalue weighted by atomic mass is 9.91. The molecule has 0 radical (unpaired) electrons. The molecule has 2 fully saturated rings. The van der Waals surface area contributed by atoms with Crippen molar-refractivity contribution in [2.24, 2.45) is 5.92 Å². The van der Waals surface area contributed by atoms with E-state index in [1.165, 1.54) is 0 Å². The number of hydrogen-bond acceptors (Lipinski definition) is 3. The van der Waals surface area contributed by atoms with Gasteiger partial charge in [-0.2, -0.15) is 0 Å². The second-order valence-electron chi connectivity index (χ2n) is 9.01. The second kappa shape index (κ2) is 11.3. The Kier molecular flexibility index (Phi) is 7.95. The molecule has 0 N–H and O–H groups in total. The molecular weight excluding hydrogens is 412 g/mol. The van der Waals surface area contributed by atoms with Crippen LogP contribution < -0.4 is 0 Å². The van der Waals surface area contributed by atoms with Crippen LogP contribution in [0.2, 0.25) is 0 Å². The Morgan fingerprint density at radius 2 is 1.88 bits per heavy atom. The van der Waals surface area contributed by atoms with Crippen molar-refractivity contribution in [3.63, 3.8) is 0 Å². The maximum absolute atomic E-state index is 13.4. The monoisotopic (exact) mass is 446 g/mol. The average Bonchev–Trinajstić information content (AvgIpc) is 3.32. The second-order valence-corrected chi connectivity index (χ2v) is 9.01. The van der Waals surface area contributed by atoms with Crippen LogP contribution >= 0.6 is 0 Å². The van der Waals surface area contributed by atoms with Gasteiger partial charge in [0.25, 0.3) is 0 Å². The van der Waals surface area contributed by atoms with E-state index < -0.39 is 0 Å². The summed E-state index contributed by atoms with van der Waals surface area (Å²) in [7, 11) is 0. The highest BCUT2D eigenvalue weighted by molar-refractivity contribution is 5.83. The van der Waals surface area contributed by atoms with E-state index in [0.717, 1.165) is 42.6 Å². The number of hydrogen-bond donors (Lipinski definition) is 0. The number of amides is 2. The molecule has 0 spiro atoms. The molecule has 2 amide bonds. The molecule has 0 unspecified atom stereocenters. The van der Waals surface area contributed by atoms with Crippen molar-refractivity contribution in [3.05, 3.63) is 72.8 Å². The zero-order valence-electron chi connectivity index (χ0n) is 19.3. The van der Waals surface area contributed by atoms with E-state index >= 15 is 0 Å². The average molecular weight is 447 g/mol. The Hall–Kier alpha value is -2.92. The number of benzene rings is 2. The van der Waals surface area contributed by atoms with Crippen LogP contribution in [0.1, 0.15) is 31.2 Å². The SMILES string of the molecule is C=CCN1CCN(C(=O)CC[C@H]2CCCO2)C[C@@H](Cc2ccccc2-c2ccccc2)C1=O. The Labute approximate surface area is 197 Å². The van der Waals surface area contributed by atoms with Gasteiger partial charge < -0.3 is 14.5 Å². The highest BCUT2D eigenvalue weighted by atomic mass is 16.5. The zero-order chi connectivity index (χ0) is 23.0. The fraction of sp³-hybridized carbons (Fsp3) is 0.429. The van der Waals surface area contributed by atoms with Crippen LogP contribution in [0.3, 0.4) is 0 Å². The Bertz CT molecular complexity index is 953. The predicted molar refractivity (Wildman–Crippen MR) is 131 cm³/mol. The summed E-state index contributed by atoms with van der Waals surface area (Å²) in [4.78, 5) is 30.3. The molecule has 2 aliphatic heterocycles. The third kappa shape index (κ3) is 5.91. The summed E-state index contributed by atoms with van der Waals surface area (Å²) in [5.41, 5.74) is 3.41. The summed E-state index contributed by atoms with van der Waals surface area (Å²) in [6.45, 7) is 6.71. The van der Waals surface area contributed by atoms with Gasteiger partial charge in [0.1, 0.15) is 0 Å². The fourth-order valence-electron chi connectivity index (χ4n) is 4.94. The first-order chi connectivity index (χ1) is 16.2. The lowest BCUT2D eigenvalue weighted by Gasteiger charge is -2.25. The van der Waals surface area contributed by atoms with Crippen LogP contribution in [0.5, 0.6) is 0 Å². The Morgan fingerprint density at radius 3 is 2.64 bits per heavy atom. The number of carbonyl (C=O) groups is 2. The molecule has 2 aromatic carbocycles. The Morgan fingerprint density at radius 1 is 1.09 bits per heavy atom. The van der Waals surface area contributed by atoms with Gasteiger partial charge in [0, 0.05) is 39.2 Å². The molecule has 2 atom stereocenters. The van der Waals surface area contributed by atoms with Crippen LogP contribution in [0.25, 0.3) is 11.1 Å². The van der Waals surface area contributed by atoms with Crippen LogP contribution in [0, 0.1) is 5.92 Å². The summed E-state index contributed by atoms with van der Waals surface area (Å²) >= 11 is 0. The minimum absolute atomic E-state index is 0.104. The van der Waals surface area contributed by atoms with Gasteiger partial charge in [-0.25, -0.2) is 0 Å². The van der Waals surface area contributed by atoms with Gasteiger partial charge in [-0.15, -0.1) is 6.58 Å². The smallest absolute Gasteiger partial charge is 0.228 e. The van der Waals surface area contributed by atoms with Crippen molar-refractivity contribution in [1.82, 2.24) is 9.80 Å². The summed E-state index contributed by atoms with van der Waals surface area (Å²) in [6, 6.07) is 18.5. The zero-order valence-corrected chi connectivity index (χ0v) is 19.3. The number of ether oxygens (including phenoxy) is 1. The molecule has 2 saturated heterocycles. The summed E-state index contributed by atoms with van der Waals surface area (Å²) in [5.74, 6) is -0.0451. The Balaban J connectivity index is 1.52. The molecule has 0 bridgehead atoms. The lowest BCUT2D eigenvalue weighted by Crippen LogP contribution is -2.38. The van der Waals surface area contributed by atoms with Gasteiger partial charge >= 0.3 is 0 Å². The van der Waals surface area contributed by atoms with Crippen LogP contribution in [0.4, 0.5) is 0 Å². The topological polar surface area (TPSA) is 49.9 Å². The quantitative estimate of drug-likeness (QED) is 0.567. The summed E-state index contributed by atoms with van der Waals surface area (Å²) < 4.78 is 5.69. The van der Waals surface area contributed by atoms with E-state index in [0.29, 0.717) is 39.0 Å². The van der Waals surface area contributed by atoms with Crippen LogP contribution in [0.15, 0.2) is 67.3 Å². The first-order valence-electron chi connectivity index (χ1n) is 12.1. The maximum atomic E-state index is 13.4. The van der Waals surface area contributed by atoms with Gasteiger partial charge in [-0.05, 0) is 42.4 Å². The largest absolute Gasteiger partial charge is 0.378 e. The van der Waals surface area contributed by atoms with Crippen molar-refractivity contribution < 1.29 is 14.3 Å². The molecular formula is C28H34N2O3. The molecule has 0 aliphatic carbocycles. The van der Waals surface area contributed by atoms with Gasteiger partial charge in [0.2, 0.25) is 11.8 Å². The molecule has 0 aromatic heterocycles. The molecule has 2 heterocycles. The molecule has 4 rings (SSSR count). The molecule has 0 saturated carbocycles. The molecule has 5 heteroatoms. The highest BCUT2D eigenvalue weighted by Gasteiger charge is 2.32. The molecule has 2 aromatic rings. The van der Waals surface area contributed by atoms with E-state index in [9.17, 15) is 9.59 Å². The van der Waals surface area contributed by atoms with Gasteiger partial charge in [-0.3, -0.25) is 9.59 Å². The van der Waals surface area contributed by atoms with Crippen molar-refractivity contribution in [2.45, 2.75) is 38.2 Å². The van der Waals surface area contributed by atoms with Gasteiger partial charge in [0.05, 0.1) is 12.0 Å². The van der Waals surface area contributed by atoms with Crippen molar-refractivity contribution in [2.75, 3.05) is 32.8 Å². The maximum Gasteiger partial charge on any atom is 0.228 e. The summed E-state index contributed by atoms with van der Waals surface area (Å²) in [5, 5.41) is 0. The predicted octanol–water partition coefficient (Wildman–Crippen LogP) is 4.33. The number of nitrogens with zero attached hydrogens (tertiary/aromatic N) is 2. The molecule has 33 heavy (non-hydrogen) atoms. The standard InChI is InChI=1S/C28H34N2O3/c1-2-16-29-17-18-30(27(31)15-14-25-12-8-19-33-25)21-24(28(29)32)20-23-11-6-7-13-26(23)22-9-4-3-5-10-22/h2-7,9-11,13,24-25H,1,8,12,14-21H2/t24-,25-/m1/s1. The first-order valence-corrected chi connectivity index (χ1v) is 12.1. The molecule has 2 aliphatic rings. The van der Waals surface area contributed by atoms with E-state index in [4.69, 9.17) is 4.74 Å². The van der Waals surface area contributed by atoms with Crippen molar-refractivity contribution >= 4 is 11.8 Å². The highest BCUT2D eigenvalue weighted by Crippen LogP contribution is 2.27. The minimum Gasteiger partial charge on any atom is -0.378 e. The minimum atomic E-state index is -0.274. The third-order valence-corrected chi connectivity index (χ3v) is 6.72. The summed E-state index contributed by atoms with van der Waals surface area (Å²) in [6.07, 6.45) is 5.94. The lowest BCUT2D eigenvalue weighted by molar-refractivity contribution is -0.134. The first kappa shape index (κ1) is 23.2. The van der Waals surface area contributed by atoms with Gasteiger partial charge in [-0.1, -0.05) is 60.7 Å². The van der Waals surface area contributed by atoms with E-state index in [1.54, 1.807) is 6.08 Å². The van der Waals surface area contributed by atoms with Crippen LogP contribution in [-0.4, -0.2) is 60.5 Å². The number of rotatable bonds is 8. The fourth-order valence-corrected chi connectivity index (χ4v) is 4.94. The van der Waals surface area contributed by atoms with E-state index in [-0.39, 0.29) is 23.8 Å².